The Balaban J connectivity index is 1.24. The molecule has 1 aliphatic carbocycles. The molecule has 0 unspecified atom stereocenters. The van der Waals surface area contributed by atoms with Gasteiger partial charge in [-0.2, -0.15) is 0 Å². The Hall–Kier alpha value is -1.82. The maximum absolute atomic E-state index is 13.1. The third-order valence-corrected chi connectivity index (χ3v) is 5.54. The monoisotopic (exact) mass is 386 g/mol. The SMILES string of the molecule is O[C@@H](CNCCCC1CCC(OCc2ccccc2)CC1)c1cncc(F)c1. The number of hydrogen-bond acceptors (Lipinski definition) is 4. The first-order chi connectivity index (χ1) is 13.7. The van der Waals surface area contributed by atoms with Crippen molar-refractivity contribution in [3.05, 3.63) is 65.7 Å². The zero-order valence-electron chi connectivity index (χ0n) is 16.4. The molecular formula is C23H31FN2O2. The van der Waals surface area contributed by atoms with Crippen molar-refractivity contribution in [2.75, 3.05) is 13.1 Å². The maximum atomic E-state index is 13.1. The minimum absolute atomic E-state index is 0.393. The molecule has 0 bridgehead atoms. The van der Waals surface area contributed by atoms with Gasteiger partial charge in [-0.15, -0.1) is 0 Å². The van der Waals surface area contributed by atoms with Gasteiger partial charge < -0.3 is 15.2 Å². The zero-order chi connectivity index (χ0) is 19.6. The molecule has 1 aliphatic rings. The summed E-state index contributed by atoms with van der Waals surface area (Å²) in [7, 11) is 0. The number of rotatable bonds is 10. The Bertz CT molecular complexity index is 690. The first-order valence-electron chi connectivity index (χ1n) is 10.4. The van der Waals surface area contributed by atoms with Crippen LogP contribution >= 0.6 is 0 Å². The molecule has 2 aromatic rings. The van der Waals surface area contributed by atoms with Crippen LogP contribution in [0, 0.1) is 11.7 Å². The lowest BCUT2D eigenvalue weighted by atomic mass is 9.84. The van der Waals surface area contributed by atoms with Crippen LogP contribution in [0.5, 0.6) is 0 Å². The van der Waals surface area contributed by atoms with E-state index < -0.39 is 11.9 Å². The predicted molar refractivity (Wildman–Crippen MR) is 108 cm³/mol. The van der Waals surface area contributed by atoms with Gasteiger partial charge in [0, 0.05) is 18.3 Å². The molecule has 5 heteroatoms. The fraction of sp³-hybridized carbons (Fsp3) is 0.522. The smallest absolute Gasteiger partial charge is 0.141 e. The summed E-state index contributed by atoms with van der Waals surface area (Å²) in [5, 5.41) is 13.3. The van der Waals surface area contributed by atoms with Crippen molar-refractivity contribution in [1.29, 1.82) is 0 Å². The first-order valence-corrected chi connectivity index (χ1v) is 10.4. The molecule has 0 aliphatic heterocycles. The Morgan fingerprint density at radius 1 is 1.14 bits per heavy atom. The number of nitrogens with one attached hydrogen (secondary N) is 1. The molecule has 1 atom stereocenters. The van der Waals surface area contributed by atoms with Gasteiger partial charge in [-0.3, -0.25) is 4.98 Å². The zero-order valence-corrected chi connectivity index (χ0v) is 16.4. The van der Waals surface area contributed by atoms with Crippen LogP contribution in [0.15, 0.2) is 48.8 Å². The van der Waals surface area contributed by atoms with E-state index in [9.17, 15) is 9.50 Å². The van der Waals surface area contributed by atoms with Gasteiger partial charge in [-0.1, -0.05) is 30.3 Å². The molecule has 1 aromatic carbocycles. The van der Waals surface area contributed by atoms with Crippen molar-refractivity contribution >= 4 is 0 Å². The third-order valence-electron chi connectivity index (χ3n) is 5.54. The average Bonchev–Trinajstić information content (AvgIpc) is 2.73. The number of aliphatic hydroxyl groups excluding tert-OH is 1. The van der Waals surface area contributed by atoms with Crippen LogP contribution in [0.4, 0.5) is 4.39 Å². The van der Waals surface area contributed by atoms with Gasteiger partial charge in [0.15, 0.2) is 0 Å². The second-order valence-corrected chi connectivity index (χ2v) is 7.74. The lowest BCUT2D eigenvalue weighted by Crippen LogP contribution is -2.24. The summed E-state index contributed by atoms with van der Waals surface area (Å²) in [4.78, 5) is 3.77. The van der Waals surface area contributed by atoms with Crippen LogP contribution < -0.4 is 5.32 Å². The number of benzene rings is 1. The highest BCUT2D eigenvalue weighted by atomic mass is 19.1. The Morgan fingerprint density at radius 3 is 2.68 bits per heavy atom. The van der Waals surface area contributed by atoms with E-state index in [-0.39, 0.29) is 0 Å². The first kappa shape index (κ1) is 20.9. The van der Waals surface area contributed by atoms with Gasteiger partial charge in [0.05, 0.1) is 25.0 Å². The highest BCUT2D eigenvalue weighted by Crippen LogP contribution is 2.29. The Morgan fingerprint density at radius 2 is 1.93 bits per heavy atom. The molecule has 2 N–H and O–H groups in total. The fourth-order valence-corrected chi connectivity index (χ4v) is 3.86. The molecule has 0 amide bonds. The molecule has 3 rings (SSSR count). The highest BCUT2D eigenvalue weighted by molar-refractivity contribution is 5.14. The van der Waals surface area contributed by atoms with Crippen LogP contribution in [0.2, 0.25) is 0 Å². The molecule has 152 valence electrons. The van der Waals surface area contributed by atoms with E-state index in [4.69, 9.17) is 4.74 Å². The van der Waals surface area contributed by atoms with E-state index in [0.717, 1.165) is 37.9 Å². The van der Waals surface area contributed by atoms with Gasteiger partial charge in [0.25, 0.3) is 0 Å². The second-order valence-electron chi connectivity index (χ2n) is 7.74. The number of aromatic nitrogens is 1. The lowest BCUT2D eigenvalue weighted by molar-refractivity contribution is 0.00620. The average molecular weight is 387 g/mol. The topological polar surface area (TPSA) is 54.4 Å². The molecule has 1 saturated carbocycles. The maximum Gasteiger partial charge on any atom is 0.141 e. The highest BCUT2D eigenvalue weighted by Gasteiger charge is 2.21. The largest absolute Gasteiger partial charge is 0.387 e. The second kappa shape index (κ2) is 11.2. The molecule has 1 heterocycles. The van der Waals surface area contributed by atoms with E-state index in [1.807, 2.05) is 6.07 Å². The van der Waals surface area contributed by atoms with Gasteiger partial charge in [0.2, 0.25) is 0 Å². The van der Waals surface area contributed by atoms with Crippen LogP contribution in [-0.2, 0) is 11.3 Å². The van der Waals surface area contributed by atoms with Crippen LogP contribution in [0.1, 0.15) is 55.8 Å². The number of nitrogens with zero attached hydrogens (tertiary/aromatic N) is 1. The molecule has 1 fully saturated rings. The molecule has 0 radical (unpaired) electrons. The van der Waals surface area contributed by atoms with E-state index in [2.05, 4.69) is 34.6 Å². The minimum atomic E-state index is -0.722. The molecular weight excluding hydrogens is 355 g/mol. The van der Waals surface area contributed by atoms with E-state index >= 15 is 0 Å². The Kier molecular flexibility index (Phi) is 8.40. The Labute approximate surface area is 167 Å². The molecule has 28 heavy (non-hydrogen) atoms. The van der Waals surface area contributed by atoms with Crippen molar-refractivity contribution in [1.82, 2.24) is 10.3 Å². The normalized spacial score (nSPS) is 20.8. The van der Waals surface area contributed by atoms with Crippen molar-refractivity contribution in [3.63, 3.8) is 0 Å². The number of pyridine rings is 1. The summed E-state index contributed by atoms with van der Waals surface area (Å²) in [5.74, 6) is 0.357. The van der Waals surface area contributed by atoms with Crippen LogP contribution in [0.25, 0.3) is 0 Å². The molecule has 4 nitrogen and oxygen atoms in total. The summed E-state index contributed by atoms with van der Waals surface area (Å²) < 4.78 is 19.2. The van der Waals surface area contributed by atoms with Gasteiger partial charge >= 0.3 is 0 Å². The quantitative estimate of drug-likeness (QED) is 0.594. The lowest BCUT2D eigenvalue weighted by Gasteiger charge is -2.28. The van der Waals surface area contributed by atoms with E-state index in [1.165, 1.54) is 37.1 Å². The molecule has 0 spiro atoms. The van der Waals surface area contributed by atoms with E-state index in [0.29, 0.717) is 24.8 Å². The third kappa shape index (κ3) is 6.97. The molecule has 1 aromatic heterocycles. The van der Waals surface area contributed by atoms with Crippen molar-refractivity contribution < 1.29 is 14.2 Å². The van der Waals surface area contributed by atoms with Gasteiger partial charge in [-0.25, -0.2) is 4.39 Å². The summed E-state index contributed by atoms with van der Waals surface area (Å²) in [5.41, 5.74) is 1.76. The summed E-state index contributed by atoms with van der Waals surface area (Å²) in [6.45, 7) is 2.00. The fourth-order valence-electron chi connectivity index (χ4n) is 3.86. The summed E-state index contributed by atoms with van der Waals surface area (Å²) in [6.07, 6.45) is 9.38. The standard InChI is InChI=1S/C23H31FN2O2/c24-21-13-20(14-26-15-21)23(27)16-25-12-4-7-18-8-10-22(11-9-18)28-17-19-5-2-1-3-6-19/h1-3,5-6,13-15,18,22-23,25,27H,4,7-12,16-17H2/t18?,22?,23-/m0/s1. The van der Waals surface area contributed by atoms with Gasteiger partial charge in [-0.05, 0) is 62.6 Å². The minimum Gasteiger partial charge on any atom is -0.387 e. The van der Waals surface area contributed by atoms with Crippen molar-refractivity contribution in [2.24, 2.45) is 5.92 Å². The van der Waals surface area contributed by atoms with Crippen LogP contribution in [0.3, 0.4) is 0 Å². The van der Waals surface area contributed by atoms with Crippen LogP contribution in [-0.4, -0.2) is 29.3 Å². The number of halogens is 1. The van der Waals surface area contributed by atoms with Crippen molar-refractivity contribution in [2.45, 2.75) is 57.3 Å². The predicted octanol–water partition coefficient (Wildman–Crippen LogP) is 4.40. The number of hydrogen-bond donors (Lipinski definition) is 2. The molecule has 0 saturated heterocycles. The summed E-state index contributed by atoms with van der Waals surface area (Å²) in [6, 6.07) is 11.7. The number of ether oxygens (including phenoxy) is 1. The number of aliphatic hydroxyl groups is 1. The van der Waals surface area contributed by atoms with Crippen molar-refractivity contribution in [3.8, 4) is 0 Å². The van der Waals surface area contributed by atoms with E-state index in [1.54, 1.807) is 0 Å². The summed E-state index contributed by atoms with van der Waals surface area (Å²) >= 11 is 0. The van der Waals surface area contributed by atoms with Gasteiger partial charge in [0.1, 0.15) is 5.82 Å².